The number of aryl methyl sites for hydroxylation is 1. The van der Waals surface area contributed by atoms with Crippen molar-refractivity contribution in [1.82, 2.24) is 24.0 Å². The summed E-state index contributed by atoms with van der Waals surface area (Å²) in [6, 6.07) is 13.0. The second-order valence-corrected chi connectivity index (χ2v) is 9.33. The van der Waals surface area contributed by atoms with Gasteiger partial charge in [-0.25, -0.2) is 18.1 Å². The Hall–Kier alpha value is -3.15. The molecule has 10 nitrogen and oxygen atoms in total. The zero-order chi connectivity index (χ0) is 22.0. The molecule has 3 aromatic rings. The van der Waals surface area contributed by atoms with Crippen molar-refractivity contribution in [2.45, 2.75) is 18.5 Å². The third kappa shape index (κ3) is 4.63. The number of nitrogens with zero attached hydrogens (tertiary/aromatic N) is 6. The van der Waals surface area contributed by atoms with Crippen LogP contribution in [0.4, 0.5) is 5.69 Å². The lowest BCUT2D eigenvalue weighted by molar-refractivity contribution is -0.384. The number of non-ortho nitro benzene ring substituents is 1. The lowest BCUT2D eigenvalue weighted by atomic mass is 10.2. The highest BCUT2D eigenvalue weighted by Gasteiger charge is 2.28. The van der Waals surface area contributed by atoms with Crippen LogP contribution in [0.2, 0.25) is 0 Å². The van der Waals surface area contributed by atoms with Crippen LogP contribution >= 0.6 is 0 Å². The summed E-state index contributed by atoms with van der Waals surface area (Å²) in [6.45, 7) is 4.38. The van der Waals surface area contributed by atoms with Crippen molar-refractivity contribution in [2.24, 2.45) is 0 Å². The van der Waals surface area contributed by atoms with Gasteiger partial charge >= 0.3 is 0 Å². The van der Waals surface area contributed by atoms with Crippen LogP contribution in [0.15, 0.2) is 59.8 Å². The van der Waals surface area contributed by atoms with Gasteiger partial charge in [0.1, 0.15) is 6.33 Å². The van der Waals surface area contributed by atoms with Gasteiger partial charge in [-0.05, 0) is 31.2 Å². The fraction of sp³-hybridized carbons (Fsp3) is 0.300. The Morgan fingerprint density at radius 3 is 2.26 bits per heavy atom. The second-order valence-electron chi connectivity index (χ2n) is 7.39. The van der Waals surface area contributed by atoms with E-state index in [-0.39, 0.29) is 5.69 Å². The maximum atomic E-state index is 12.8. The molecule has 0 saturated carbocycles. The topological polar surface area (TPSA) is 114 Å². The summed E-state index contributed by atoms with van der Waals surface area (Å²) in [5.74, 6) is 0.482. The predicted molar refractivity (Wildman–Crippen MR) is 114 cm³/mol. The number of rotatable bonds is 6. The van der Waals surface area contributed by atoms with E-state index in [1.54, 1.807) is 47.4 Å². The van der Waals surface area contributed by atoms with Crippen molar-refractivity contribution < 1.29 is 13.3 Å². The third-order valence-corrected chi connectivity index (χ3v) is 7.12. The first kappa shape index (κ1) is 21.1. The smallest absolute Gasteiger partial charge is 0.269 e. The average Bonchev–Trinajstić information content (AvgIpc) is 3.23. The second kappa shape index (κ2) is 8.53. The van der Waals surface area contributed by atoms with E-state index in [1.165, 1.54) is 16.4 Å². The molecule has 0 bridgehead atoms. The largest absolute Gasteiger partial charge is 0.282 e. The highest BCUT2D eigenvalue weighted by Crippen LogP contribution is 2.20. The van der Waals surface area contributed by atoms with Crippen molar-refractivity contribution in [3.05, 3.63) is 70.5 Å². The maximum Gasteiger partial charge on any atom is 0.269 e. The number of hydrogen-bond donors (Lipinski definition) is 0. The molecule has 11 heteroatoms. The lowest BCUT2D eigenvalue weighted by Crippen LogP contribution is -2.48. The van der Waals surface area contributed by atoms with Gasteiger partial charge in [0.15, 0.2) is 5.82 Å². The Kier molecular flexibility index (Phi) is 5.81. The molecule has 0 atom stereocenters. The molecule has 1 aliphatic heterocycles. The van der Waals surface area contributed by atoms with Crippen LogP contribution in [-0.4, -0.2) is 63.5 Å². The normalized spacial score (nSPS) is 15.8. The van der Waals surface area contributed by atoms with Crippen molar-refractivity contribution in [1.29, 1.82) is 0 Å². The Labute approximate surface area is 179 Å². The van der Waals surface area contributed by atoms with E-state index < -0.39 is 14.9 Å². The monoisotopic (exact) mass is 442 g/mol. The summed E-state index contributed by atoms with van der Waals surface area (Å²) >= 11 is 0. The summed E-state index contributed by atoms with van der Waals surface area (Å²) in [6.07, 6.45) is 1.60. The molecule has 1 aromatic heterocycles. The van der Waals surface area contributed by atoms with Crippen LogP contribution in [0.3, 0.4) is 0 Å². The maximum absolute atomic E-state index is 12.8. The molecule has 2 heterocycles. The molecule has 0 spiro atoms. The molecule has 0 radical (unpaired) electrons. The quantitative estimate of drug-likeness (QED) is 0.424. The molecular weight excluding hydrogens is 420 g/mol. The number of sulfonamides is 1. The summed E-state index contributed by atoms with van der Waals surface area (Å²) in [4.78, 5) is 17.0. The minimum Gasteiger partial charge on any atom is -0.282 e. The van der Waals surface area contributed by atoms with Gasteiger partial charge in [0, 0.05) is 43.9 Å². The van der Waals surface area contributed by atoms with Gasteiger partial charge < -0.3 is 0 Å². The minimum atomic E-state index is -3.49. The Balaban J connectivity index is 1.36. The van der Waals surface area contributed by atoms with E-state index >= 15 is 0 Å². The lowest BCUT2D eigenvalue weighted by Gasteiger charge is -2.33. The van der Waals surface area contributed by atoms with Crippen molar-refractivity contribution >= 4 is 15.7 Å². The fourth-order valence-electron chi connectivity index (χ4n) is 3.40. The summed E-state index contributed by atoms with van der Waals surface area (Å²) < 4.78 is 28.8. The summed E-state index contributed by atoms with van der Waals surface area (Å²) in [7, 11) is -3.49. The van der Waals surface area contributed by atoms with E-state index in [0.717, 1.165) is 5.56 Å². The van der Waals surface area contributed by atoms with Crippen LogP contribution in [0, 0.1) is 17.0 Å². The Morgan fingerprint density at radius 1 is 1.00 bits per heavy atom. The van der Waals surface area contributed by atoms with E-state index in [9.17, 15) is 18.5 Å². The number of hydrogen-bond acceptors (Lipinski definition) is 7. The third-order valence-electron chi connectivity index (χ3n) is 5.21. The van der Waals surface area contributed by atoms with Gasteiger partial charge in [-0.2, -0.15) is 4.31 Å². The summed E-state index contributed by atoms with van der Waals surface area (Å²) in [5.41, 5.74) is 1.73. The zero-order valence-corrected chi connectivity index (χ0v) is 17.8. The first-order chi connectivity index (χ1) is 14.8. The van der Waals surface area contributed by atoms with Crippen LogP contribution in [0.1, 0.15) is 5.56 Å². The Morgan fingerprint density at radius 2 is 1.65 bits per heavy atom. The molecule has 1 fully saturated rings. The number of piperazine rings is 1. The van der Waals surface area contributed by atoms with Gasteiger partial charge in [0.05, 0.1) is 16.5 Å². The van der Waals surface area contributed by atoms with Crippen molar-refractivity contribution in [3.8, 4) is 11.4 Å². The molecule has 2 aromatic carbocycles. The molecule has 1 saturated heterocycles. The van der Waals surface area contributed by atoms with Gasteiger partial charge in [-0.1, -0.05) is 17.7 Å². The standard InChI is InChI=1S/C20H22N6O4S/c1-16-2-8-19(9-3-16)31(29,30)25-12-10-23(11-13-25)15-24-14-21-20(22-24)17-4-6-18(7-5-17)26(27)28/h2-9,14H,10-13,15H2,1H3. The first-order valence-corrected chi connectivity index (χ1v) is 11.2. The zero-order valence-electron chi connectivity index (χ0n) is 17.0. The van der Waals surface area contributed by atoms with Crippen molar-refractivity contribution in [2.75, 3.05) is 26.2 Å². The first-order valence-electron chi connectivity index (χ1n) is 9.76. The molecule has 31 heavy (non-hydrogen) atoms. The van der Waals surface area contributed by atoms with E-state index in [4.69, 9.17) is 0 Å². The van der Waals surface area contributed by atoms with Crippen LogP contribution in [-0.2, 0) is 16.7 Å². The van der Waals surface area contributed by atoms with Crippen LogP contribution in [0.25, 0.3) is 11.4 Å². The number of nitro benzene ring substituents is 1. The molecule has 1 aliphatic rings. The van der Waals surface area contributed by atoms with E-state index in [2.05, 4.69) is 15.0 Å². The average molecular weight is 443 g/mol. The molecule has 0 amide bonds. The molecule has 0 N–H and O–H groups in total. The highest BCUT2D eigenvalue weighted by molar-refractivity contribution is 7.89. The van der Waals surface area contributed by atoms with Crippen LogP contribution < -0.4 is 0 Å². The van der Waals surface area contributed by atoms with Crippen LogP contribution in [0.5, 0.6) is 0 Å². The van der Waals surface area contributed by atoms with E-state index in [1.807, 2.05) is 6.92 Å². The minimum absolute atomic E-state index is 0.0154. The molecular formula is C20H22N6O4S. The molecule has 0 aliphatic carbocycles. The van der Waals surface area contributed by atoms with Crippen molar-refractivity contribution in [3.63, 3.8) is 0 Å². The number of aromatic nitrogens is 3. The van der Waals surface area contributed by atoms with Gasteiger partial charge in [0.25, 0.3) is 5.69 Å². The highest BCUT2D eigenvalue weighted by atomic mass is 32.2. The molecule has 4 rings (SSSR count). The summed E-state index contributed by atoms with van der Waals surface area (Å²) in [5, 5.41) is 15.2. The SMILES string of the molecule is Cc1ccc(S(=O)(=O)N2CCN(Cn3cnc(-c4ccc([N+](=O)[O-])cc4)n3)CC2)cc1. The molecule has 0 unspecified atom stereocenters. The van der Waals surface area contributed by atoms with E-state index in [0.29, 0.717) is 49.1 Å². The number of nitro groups is 1. The molecule has 162 valence electrons. The predicted octanol–water partition coefficient (Wildman–Crippen LogP) is 2.13. The fourth-order valence-corrected chi connectivity index (χ4v) is 4.82. The van der Waals surface area contributed by atoms with Gasteiger partial charge in [-0.3, -0.25) is 15.0 Å². The van der Waals surface area contributed by atoms with Gasteiger partial charge in [0.2, 0.25) is 10.0 Å². The number of benzene rings is 2. The Bertz CT molecular complexity index is 1170. The van der Waals surface area contributed by atoms with Gasteiger partial charge in [-0.15, -0.1) is 5.10 Å².